The first-order valence-electron chi connectivity index (χ1n) is 7.24. The van der Waals surface area contributed by atoms with Crippen molar-refractivity contribution in [3.05, 3.63) is 65.0 Å². The third kappa shape index (κ3) is 2.65. The first kappa shape index (κ1) is 16.7. The number of benzene rings is 2. The summed E-state index contributed by atoms with van der Waals surface area (Å²) in [7, 11) is 0. The van der Waals surface area contributed by atoms with Gasteiger partial charge < -0.3 is 5.32 Å². The van der Waals surface area contributed by atoms with Gasteiger partial charge in [-0.3, -0.25) is 19.3 Å². The average Bonchev–Trinajstić information content (AvgIpc) is 2.86. The van der Waals surface area contributed by atoms with Gasteiger partial charge in [0.15, 0.2) is 17.5 Å². The lowest BCUT2D eigenvalue weighted by Crippen LogP contribution is -2.45. The molecule has 5 nitrogen and oxygen atoms in total. The Bertz CT molecular complexity index is 879. The summed E-state index contributed by atoms with van der Waals surface area (Å²) in [4.78, 5) is 37.6. The molecule has 8 heteroatoms. The predicted octanol–water partition coefficient (Wildman–Crippen LogP) is 2.73. The van der Waals surface area contributed by atoms with Gasteiger partial charge in [0.05, 0.1) is 16.8 Å². The van der Waals surface area contributed by atoms with Crippen molar-refractivity contribution in [2.75, 3.05) is 5.32 Å². The molecule has 1 atom stereocenters. The maximum absolute atomic E-state index is 13.7. The molecule has 0 saturated carbocycles. The smallest absolute Gasteiger partial charge is 0.262 e. The van der Waals surface area contributed by atoms with Gasteiger partial charge in [0, 0.05) is 0 Å². The predicted molar refractivity (Wildman–Crippen MR) is 81.3 cm³/mol. The van der Waals surface area contributed by atoms with E-state index in [9.17, 15) is 27.6 Å². The molecule has 0 fully saturated rings. The normalized spacial score (nSPS) is 14.5. The minimum Gasteiger partial charge on any atom is -0.322 e. The van der Waals surface area contributed by atoms with Crippen LogP contribution < -0.4 is 5.32 Å². The molecule has 0 radical (unpaired) electrons. The number of anilines is 1. The summed E-state index contributed by atoms with van der Waals surface area (Å²) in [6.45, 7) is 1.27. The average molecular weight is 348 g/mol. The molecule has 3 amide bonds. The van der Waals surface area contributed by atoms with E-state index in [1.54, 1.807) is 12.1 Å². The highest BCUT2D eigenvalue weighted by Gasteiger charge is 2.40. The fourth-order valence-electron chi connectivity index (χ4n) is 2.54. The van der Waals surface area contributed by atoms with Gasteiger partial charge in [0.1, 0.15) is 6.04 Å². The number of carbonyl (C=O) groups is 3. The van der Waals surface area contributed by atoms with Crippen molar-refractivity contribution < 1.29 is 27.6 Å². The van der Waals surface area contributed by atoms with Crippen molar-refractivity contribution in [3.8, 4) is 0 Å². The van der Waals surface area contributed by atoms with Crippen LogP contribution >= 0.6 is 0 Å². The number of fused-ring (bicyclic) bond motifs is 1. The van der Waals surface area contributed by atoms with Crippen molar-refractivity contribution in [2.24, 2.45) is 0 Å². The van der Waals surface area contributed by atoms with Crippen LogP contribution in [0.3, 0.4) is 0 Å². The molecular formula is C17H11F3N2O3. The van der Waals surface area contributed by atoms with Gasteiger partial charge in [-0.15, -0.1) is 0 Å². The van der Waals surface area contributed by atoms with Gasteiger partial charge in [0.25, 0.3) is 11.8 Å². The molecule has 25 heavy (non-hydrogen) atoms. The number of rotatable bonds is 3. The summed E-state index contributed by atoms with van der Waals surface area (Å²) in [5, 5.41) is 2.06. The molecule has 0 aromatic heterocycles. The number of hydrogen-bond acceptors (Lipinski definition) is 3. The fraction of sp³-hybridized carbons (Fsp3) is 0.118. The molecule has 1 aliphatic heterocycles. The Hall–Kier alpha value is -3.16. The number of carbonyl (C=O) groups excluding carboxylic acids is 3. The van der Waals surface area contributed by atoms with Gasteiger partial charge in [-0.25, -0.2) is 13.2 Å². The summed E-state index contributed by atoms with van der Waals surface area (Å²) in [6.07, 6.45) is 0. The zero-order chi connectivity index (χ0) is 18.3. The zero-order valence-electron chi connectivity index (χ0n) is 12.8. The second kappa shape index (κ2) is 6.04. The molecule has 1 aliphatic rings. The third-order valence-electron chi connectivity index (χ3n) is 3.89. The Morgan fingerprint density at radius 2 is 1.52 bits per heavy atom. The maximum Gasteiger partial charge on any atom is 0.262 e. The molecule has 0 spiro atoms. The highest BCUT2D eigenvalue weighted by atomic mass is 19.2. The number of imide groups is 1. The van der Waals surface area contributed by atoms with Crippen LogP contribution in [0.15, 0.2) is 36.4 Å². The summed E-state index contributed by atoms with van der Waals surface area (Å²) in [5.74, 6) is -6.93. The molecule has 0 unspecified atom stereocenters. The number of amides is 3. The van der Waals surface area contributed by atoms with Crippen LogP contribution in [-0.4, -0.2) is 28.7 Å². The Balaban J connectivity index is 1.84. The van der Waals surface area contributed by atoms with Crippen LogP contribution in [0.5, 0.6) is 0 Å². The molecule has 0 bridgehead atoms. The topological polar surface area (TPSA) is 66.5 Å². The van der Waals surface area contributed by atoms with Gasteiger partial charge >= 0.3 is 0 Å². The molecule has 128 valence electrons. The SMILES string of the molecule is C[C@@H](C(=O)Nc1ccc(F)c(F)c1F)N1C(=O)c2ccccc2C1=O. The lowest BCUT2D eigenvalue weighted by molar-refractivity contribution is -0.119. The number of halogens is 3. The van der Waals surface area contributed by atoms with E-state index in [-0.39, 0.29) is 11.1 Å². The monoisotopic (exact) mass is 348 g/mol. The Morgan fingerprint density at radius 3 is 2.08 bits per heavy atom. The van der Waals surface area contributed by atoms with Crippen LogP contribution in [0, 0.1) is 17.5 Å². The number of nitrogens with one attached hydrogen (secondary N) is 1. The van der Waals surface area contributed by atoms with E-state index in [1.165, 1.54) is 19.1 Å². The third-order valence-corrected chi connectivity index (χ3v) is 3.89. The zero-order valence-corrected chi connectivity index (χ0v) is 12.8. The Morgan fingerprint density at radius 1 is 0.960 bits per heavy atom. The van der Waals surface area contributed by atoms with Crippen molar-refractivity contribution in [3.63, 3.8) is 0 Å². The summed E-state index contributed by atoms with van der Waals surface area (Å²) >= 11 is 0. The lowest BCUT2D eigenvalue weighted by Gasteiger charge is -2.21. The largest absolute Gasteiger partial charge is 0.322 e. The molecule has 3 rings (SSSR count). The lowest BCUT2D eigenvalue weighted by atomic mass is 10.1. The van der Waals surface area contributed by atoms with E-state index in [0.29, 0.717) is 6.07 Å². The van der Waals surface area contributed by atoms with Gasteiger partial charge in [0.2, 0.25) is 5.91 Å². The molecule has 1 N–H and O–H groups in total. The van der Waals surface area contributed by atoms with Crippen molar-refractivity contribution in [1.29, 1.82) is 0 Å². The van der Waals surface area contributed by atoms with Crippen LogP contribution in [0.25, 0.3) is 0 Å². The molecular weight excluding hydrogens is 337 g/mol. The van der Waals surface area contributed by atoms with Crippen molar-refractivity contribution >= 4 is 23.4 Å². The minimum absolute atomic E-state index is 0.158. The minimum atomic E-state index is -1.73. The molecule has 0 aliphatic carbocycles. The van der Waals surface area contributed by atoms with E-state index in [0.717, 1.165) is 11.0 Å². The van der Waals surface area contributed by atoms with Crippen molar-refractivity contribution in [1.82, 2.24) is 4.90 Å². The Kier molecular flexibility index (Phi) is 4.03. The first-order chi connectivity index (χ1) is 11.8. The quantitative estimate of drug-likeness (QED) is 0.685. The van der Waals surface area contributed by atoms with E-state index in [4.69, 9.17) is 0 Å². The van der Waals surface area contributed by atoms with E-state index in [1.807, 2.05) is 0 Å². The molecule has 2 aromatic rings. The fourth-order valence-corrected chi connectivity index (χ4v) is 2.54. The first-order valence-corrected chi connectivity index (χ1v) is 7.24. The highest BCUT2D eigenvalue weighted by Crippen LogP contribution is 2.25. The van der Waals surface area contributed by atoms with E-state index in [2.05, 4.69) is 5.32 Å². The molecule has 1 heterocycles. The summed E-state index contributed by atoms with van der Waals surface area (Å²) in [5.41, 5.74) is -0.273. The maximum atomic E-state index is 13.7. The highest BCUT2D eigenvalue weighted by molar-refractivity contribution is 6.23. The van der Waals surface area contributed by atoms with E-state index >= 15 is 0 Å². The second-order valence-corrected chi connectivity index (χ2v) is 5.41. The standard InChI is InChI=1S/C17H11F3N2O3/c1-8(15(23)21-12-7-6-11(18)13(19)14(12)20)22-16(24)9-4-2-3-5-10(9)17(22)25/h2-8H,1H3,(H,21,23)/t8-/m0/s1. The number of nitrogens with zero attached hydrogens (tertiary/aromatic N) is 1. The van der Waals surface area contributed by atoms with Gasteiger partial charge in [-0.2, -0.15) is 0 Å². The number of hydrogen-bond donors (Lipinski definition) is 1. The van der Waals surface area contributed by atoms with Crippen LogP contribution in [0.1, 0.15) is 27.6 Å². The molecule has 0 saturated heterocycles. The van der Waals surface area contributed by atoms with E-state index < -0.39 is 46.9 Å². The van der Waals surface area contributed by atoms with Gasteiger partial charge in [-0.05, 0) is 31.2 Å². The van der Waals surface area contributed by atoms with Crippen LogP contribution in [0.4, 0.5) is 18.9 Å². The van der Waals surface area contributed by atoms with Crippen LogP contribution in [0.2, 0.25) is 0 Å². The van der Waals surface area contributed by atoms with Crippen LogP contribution in [-0.2, 0) is 4.79 Å². The van der Waals surface area contributed by atoms with Gasteiger partial charge in [-0.1, -0.05) is 12.1 Å². The summed E-state index contributed by atoms with van der Waals surface area (Å²) < 4.78 is 39.8. The Labute approximate surface area is 140 Å². The second-order valence-electron chi connectivity index (χ2n) is 5.41. The summed E-state index contributed by atoms with van der Waals surface area (Å²) in [6, 6.07) is 6.29. The van der Waals surface area contributed by atoms with Crippen molar-refractivity contribution in [2.45, 2.75) is 13.0 Å². The molecule has 2 aromatic carbocycles.